The molecule has 0 atom stereocenters. The van der Waals surface area contributed by atoms with Gasteiger partial charge in [0, 0.05) is 58.0 Å². The van der Waals surface area contributed by atoms with Crippen LogP contribution >= 0.6 is 11.3 Å². The van der Waals surface area contributed by atoms with Crippen LogP contribution < -0.4 is 5.32 Å². The SMILES string of the molecule is Cc1cc(NCCN(C(C)C)C(C)C)nc(-c2csc3ccccc23)n1. The molecule has 0 amide bonds. The number of nitrogens with one attached hydrogen (secondary N) is 1. The van der Waals surface area contributed by atoms with Gasteiger partial charge in [0.25, 0.3) is 0 Å². The number of aryl methyl sites for hydroxylation is 1. The molecule has 0 saturated heterocycles. The normalized spacial score (nSPS) is 11.8. The second kappa shape index (κ2) is 8.14. The summed E-state index contributed by atoms with van der Waals surface area (Å²) in [6, 6.07) is 11.5. The van der Waals surface area contributed by atoms with Crippen LogP contribution in [-0.2, 0) is 0 Å². The van der Waals surface area contributed by atoms with Gasteiger partial charge in [-0.2, -0.15) is 0 Å². The standard InChI is InChI=1S/C21H28N4S/c1-14(2)25(15(3)4)11-10-22-20-12-16(5)23-21(24-20)18-13-26-19-9-7-6-8-17(18)19/h6-9,12-15H,10-11H2,1-5H3,(H,22,23,24). The van der Waals surface area contributed by atoms with Crippen molar-refractivity contribution in [1.82, 2.24) is 14.9 Å². The van der Waals surface area contributed by atoms with Crippen LogP contribution in [-0.4, -0.2) is 40.0 Å². The molecule has 2 aromatic heterocycles. The first kappa shape index (κ1) is 18.8. The Bertz CT molecular complexity index is 861. The topological polar surface area (TPSA) is 41.0 Å². The molecular formula is C21H28N4S. The van der Waals surface area contributed by atoms with E-state index >= 15 is 0 Å². The van der Waals surface area contributed by atoms with E-state index in [-0.39, 0.29) is 0 Å². The number of thiophene rings is 1. The van der Waals surface area contributed by atoms with Crippen LogP contribution in [0.25, 0.3) is 21.5 Å². The molecule has 0 aliphatic heterocycles. The van der Waals surface area contributed by atoms with Gasteiger partial charge < -0.3 is 5.32 Å². The third-order valence-electron chi connectivity index (χ3n) is 4.58. The largest absolute Gasteiger partial charge is 0.369 e. The molecule has 0 fully saturated rings. The molecule has 1 aromatic carbocycles. The highest BCUT2D eigenvalue weighted by Gasteiger charge is 2.13. The number of fused-ring (bicyclic) bond motifs is 1. The van der Waals surface area contributed by atoms with Gasteiger partial charge >= 0.3 is 0 Å². The van der Waals surface area contributed by atoms with Crippen molar-refractivity contribution < 1.29 is 0 Å². The highest BCUT2D eigenvalue weighted by molar-refractivity contribution is 7.17. The molecule has 0 spiro atoms. The summed E-state index contributed by atoms with van der Waals surface area (Å²) in [7, 11) is 0. The van der Waals surface area contributed by atoms with Gasteiger partial charge in [-0.15, -0.1) is 11.3 Å². The first-order valence-corrected chi connectivity index (χ1v) is 10.2. The Labute approximate surface area is 160 Å². The van der Waals surface area contributed by atoms with Crippen molar-refractivity contribution in [2.45, 2.75) is 46.7 Å². The van der Waals surface area contributed by atoms with Gasteiger partial charge in [0.2, 0.25) is 0 Å². The average molecular weight is 369 g/mol. The molecule has 0 aliphatic carbocycles. The van der Waals surface area contributed by atoms with Gasteiger partial charge in [-0.05, 0) is 40.7 Å². The van der Waals surface area contributed by atoms with E-state index in [0.29, 0.717) is 12.1 Å². The molecule has 0 saturated carbocycles. The maximum atomic E-state index is 4.78. The Morgan fingerprint density at radius 3 is 2.54 bits per heavy atom. The molecule has 4 nitrogen and oxygen atoms in total. The van der Waals surface area contributed by atoms with Crippen LogP contribution in [0.4, 0.5) is 5.82 Å². The van der Waals surface area contributed by atoms with Crippen molar-refractivity contribution in [2.24, 2.45) is 0 Å². The van der Waals surface area contributed by atoms with Crippen LogP contribution in [0.5, 0.6) is 0 Å². The summed E-state index contributed by atoms with van der Waals surface area (Å²) in [5.41, 5.74) is 2.10. The van der Waals surface area contributed by atoms with Crippen molar-refractivity contribution in [3.8, 4) is 11.4 Å². The van der Waals surface area contributed by atoms with Crippen molar-refractivity contribution in [2.75, 3.05) is 18.4 Å². The van der Waals surface area contributed by atoms with E-state index in [1.807, 2.05) is 13.0 Å². The lowest BCUT2D eigenvalue weighted by Gasteiger charge is -2.30. The number of aromatic nitrogens is 2. The van der Waals surface area contributed by atoms with Gasteiger partial charge in [-0.25, -0.2) is 9.97 Å². The second-order valence-corrected chi connectivity index (χ2v) is 8.13. The Hall–Kier alpha value is -1.98. The van der Waals surface area contributed by atoms with Gasteiger partial charge in [0.05, 0.1) is 0 Å². The van der Waals surface area contributed by atoms with Crippen LogP contribution in [0.15, 0.2) is 35.7 Å². The second-order valence-electron chi connectivity index (χ2n) is 7.22. The zero-order chi connectivity index (χ0) is 18.7. The van der Waals surface area contributed by atoms with Gasteiger partial charge in [0.15, 0.2) is 5.82 Å². The summed E-state index contributed by atoms with van der Waals surface area (Å²) >= 11 is 1.74. The minimum atomic E-state index is 0.539. The van der Waals surface area contributed by atoms with Crippen LogP contribution in [0.1, 0.15) is 33.4 Å². The Balaban J connectivity index is 1.78. The molecule has 3 aromatic rings. The summed E-state index contributed by atoms with van der Waals surface area (Å²) in [6.07, 6.45) is 0. The van der Waals surface area contributed by atoms with E-state index in [1.54, 1.807) is 11.3 Å². The lowest BCUT2D eigenvalue weighted by molar-refractivity contribution is 0.182. The minimum absolute atomic E-state index is 0.539. The summed E-state index contributed by atoms with van der Waals surface area (Å²) in [6.45, 7) is 12.9. The molecule has 138 valence electrons. The maximum Gasteiger partial charge on any atom is 0.163 e. The first-order chi connectivity index (χ1) is 12.5. The van der Waals surface area contributed by atoms with E-state index in [4.69, 9.17) is 4.98 Å². The molecule has 1 N–H and O–H groups in total. The first-order valence-electron chi connectivity index (χ1n) is 9.27. The van der Waals surface area contributed by atoms with E-state index < -0.39 is 0 Å². The lowest BCUT2D eigenvalue weighted by Crippen LogP contribution is -2.40. The Kier molecular flexibility index (Phi) is 5.89. The predicted molar refractivity (Wildman–Crippen MR) is 113 cm³/mol. The van der Waals surface area contributed by atoms with E-state index in [2.05, 4.69) is 72.5 Å². The highest BCUT2D eigenvalue weighted by Crippen LogP contribution is 2.32. The van der Waals surface area contributed by atoms with Crippen molar-refractivity contribution in [3.05, 3.63) is 41.4 Å². The van der Waals surface area contributed by atoms with E-state index in [0.717, 1.165) is 36.0 Å². The molecule has 0 unspecified atom stereocenters. The highest BCUT2D eigenvalue weighted by atomic mass is 32.1. The lowest BCUT2D eigenvalue weighted by atomic mass is 10.1. The quantitative estimate of drug-likeness (QED) is 0.622. The van der Waals surface area contributed by atoms with Crippen LogP contribution in [0.2, 0.25) is 0 Å². The fourth-order valence-corrected chi connectivity index (χ4v) is 4.30. The number of benzene rings is 1. The molecule has 5 heteroatoms. The molecule has 0 aliphatic rings. The number of hydrogen-bond donors (Lipinski definition) is 1. The number of nitrogens with zero attached hydrogens (tertiary/aromatic N) is 3. The third kappa shape index (κ3) is 4.22. The summed E-state index contributed by atoms with van der Waals surface area (Å²) in [4.78, 5) is 11.9. The number of anilines is 1. The fraction of sp³-hybridized carbons (Fsp3) is 0.429. The van der Waals surface area contributed by atoms with Gasteiger partial charge in [-0.3, -0.25) is 4.90 Å². The number of rotatable bonds is 7. The van der Waals surface area contributed by atoms with E-state index in [9.17, 15) is 0 Å². The van der Waals surface area contributed by atoms with Gasteiger partial charge in [-0.1, -0.05) is 18.2 Å². The van der Waals surface area contributed by atoms with Crippen molar-refractivity contribution in [3.63, 3.8) is 0 Å². The average Bonchev–Trinajstić information content (AvgIpc) is 3.01. The van der Waals surface area contributed by atoms with Crippen LogP contribution in [0.3, 0.4) is 0 Å². The summed E-state index contributed by atoms with van der Waals surface area (Å²) in [5, 5.41) is 6.86. The Morgan fingerprint density at radius 1 is 1.08 bits per heavy atom. The monoisotopic (exact) mass is 368 g/mol. The zero-order valence-corrected chi connectivity index (χ0v) is 17.1. The zero-order valence-electron chi connectivity index (χ0n) is 16.3. The fourth-order valence-electron chi connectivity index (χ4n) is 3.36. The molecule has 0 radical (unpaired) electrons. The van der Waals surface area contributed by atoms with Gasteiger partial charge in [0.1, 0.15) is 5.82 Å². The molecule has 0 bridgehead atoms. The molecule has 3 rings (SSSR count). The predicted octanol–water partition coefficient (Wildman–Crippen LogP) is 5.20. The molecule has 2 heterocycles. The minimum Gasteiger partial charge on any atom is -0.369 e. The maximum absolute atomic E-state index is 4.78. The van der Waals surface area contributed by atoms with E-state index in [1.165, 1.54) is 10.1 Å². The summed E-state index contributed by atoms with van der Waals surface area (Å²) in [5.74, 6) is 1.70. The van der Waals surface area contributed by atoms with Crippen molar-refractivity contribution in [1.29, 1.82) is 0 Å². The number of hydrogen-bond acceptors (Lipinski definition) is 5. The molecule has 26 heavy (non-hydrogen) atoms. The smallest absolute Gasteiger partial charge is 0.163 e. The Morgan fingerprint density at radius 2 is 1.81 bits per heavy atom. The van der Waals surface area contributed by atoms with Crippen LogP contribution in [0, 0.1) is 6.92 Å². The summed E-state index contributed by atoms with van der Waals surface area (Å²) < 4.78 is 1.27. The van der Waals surface area contributed by atoms with Crippen molar-refractivity contribution >= 4 is 27.2 Å². The molecular weight excluding hydrogens is 340 g/mol. The third-order valence-corrected chi connectivity index (χ3v) is 5.54.